The smallest absolute Gasteiger partial charge is 0.410 e. The van der Waals surface area contributed by atoms with Gasteiger partial charge >= 0.3 is 6.09 Å². The molecular formula is C15H21ClN4O3. The minimum atomic E-state index is -0.594. The molecule has 0 aliphatic carbocycles. The summed E-state index contributed by atoms with van der Waals surface area (Å²) in [6, 6.07) is 1.15. The molecule has 0 aromatic carbocycles. The summed E-state index contributed by atoms with van der Waals surface area (Å²) >= 11 is 5.96. The molecule has 23 heavy (non-hydrogen) atoms. The zero-order valence-corrected chi connectivity index (χ0v) is 14.6. The minimum Gasteiger partial charge on any atom is -0.444 e. The van der Waals surface area contributed by atoms with Crippen molar-refractivity contribution in [3.8, 4) is 0 Å². The highest BCUT2D eigenvalue weighted by Gasteiger charge is 2.27. The first-order valence-electron chi connectivity index (χ1n) is 7.40. The van der Waals surface area contributed by atoms with E-state index in [1.807, 2.05) is 6.92 Å². The normalized spacial score (nSPS) is 13.1. The molecule has 0 spiro atoms. The second-order valence-corrected chi connectivity index (χ2v) is 6.65. The van der Waals surface area contributed by atoms with E-state index in [2.05, 4.69) is 10.1 Å². The highest BCUT2D eigenvalue weighted by molar-refractivity contribution is 6.33. The average Bonchev–Trinajstić information content (AvgIpc) is 2.79. The van der Waals surface area contributed by atoms with E-state index in [-0.39, 0.29) is 11.1 Å². The Labute approximate surface area is 139 Å². The van der Waals surface area contributed by atoms with Gasteiger partial charge in [-0.05, 0) is 40.7 Å². The van der Waals surface area contributed by atoms with E-state index in [1.165, 1.54) is 9.42 Å². The third kappa shape index (κ3) is 3.67. The summed E-state index contributed by atoms with van der Waals surface area (Å²) in [5.74, 6) is 0.363. The Morgan fingerprint density at radius 1 is 1.52 bits per heavy atom. The molecule has 0 saturated carbocycles. The SMILES string of the molecule is CCN(C(=O)OC(C)(C)C)C(C)c1nn2ccc(Cl)c2c(=O)[nH]1. The molecule has 0 saturated heterocycles. The van der Waals surface area contributed by atoms with Crippen LogP contribution >= 0.6 is 11.6 Å². The lowest BCUT2D eigenvalue weighted by molar-refractivity contribution is 0.0177. The monoisotopic (exact) mass is 340 g/mol. The zero-order valence-electron chi connectivity index (χ0n) is 13.9. The topological polar surface area (TPSA) is 79.7 Å². The van der Waals surface area contributed by atoms with Crippen molar-refractivity contribution < 1.29 is 9.53 Å². The predicted octanol–water partition coefficient (Wildman–Crippen LogP) is 2.99. The van der Waals surface area contributed by atoms with Crippen LogP contribution in [0.3, 0.4) is 0 Å². The Hall–Kier alpha value is -2.02. The molecule has 1 unspecified atom stereocenters. The van der Waals surface area contributed by atoms with Crippen LogP contribution in [0.1, 0.15) is 46.5 Å². The fourth-order valence-corrected chi connectivity index (χ4v) is 2.46. The number of H-pyrrole nitrogens is 1. The Balaban J connectivity index is 2.36. The van der Waals surface area contributed by atoms with Crippen molar-refractivity contribution in [2.45, 2.75) is 46.3 Å². The molecule has 8 heteroatoms. The summed E-state index contributed by atoms with van der Waals surface area (Å²) in [5, 5.41) is 4.66. The maximum Gasteiger partial charge on any atom is 0.410 e. The van der Waals surface area contributed by atoms with Crippen molar-refractivity contribution in [2.75, 3.05) is 6.54 Å². The largest absolute Gasteiger partial charge is 0.444 e. The van der Waals surface area contributed by atoms with Gasteiger partial charge in [0.25, 0.3) is 5.56 Å². The molecular weight excluding hydrogens is 320 g/mol. The van der Waals surface area contributed by atoms with Crippen LogP contribution < -0.4 is 5.56 Å². The van der Waals surface area contributed by atoms with E-state index >= 15 is 0 Å². The van der Waals surface area contributed by atoms with Crippen LogP contribution in [0.4, 0.5) is 4.79 Å². The lowest BCUT2D eigenvalue weighted by atomic mass is 10.2. The maximum absolute atomic E-state index is 12.3. The van der Waals surface area contributed by atoms with E-state index < -0.39 is 17.7 Å². The number of rotatable bonds is 3. The van der Waals surface area contributed by atoms with Gasteiger partial charge < -0.3 is 9.72 Å². The summed E-state index contributed by atoms with van der Waals surface area (Å²) in [6.45, 7) is 9.45. The van der Waals surface area contributed by atoms with Gasteiger partial charge in [-0.25, -0.2) is 9.31 Å². The molecule has 0 aliphatic heterocycles. The van der Waals surface area contributed by atoms with Crippen LogP contribution in [0.5, 0.6) is 0 Å². The van der Waals surface area contributed by atoms with Gasteiger partial charge in [0.1, 0.15) is 11.1 Å². The standard InChI is InChI=1S/C15H21ClN4O3/c1-6-19(14(22)23-15(3,4)5)9(2)12-17-13(21)11-10(16)7-8-20(11)18-12/h7-9H,6H2,1-5H3,(H,17,18,21). The highest BCUT2D eigenvalue weighted by atomic mass is 35.5. The van der Waals surface area contributed by atoms with Crippen molar-refractivity contribution >= 4 is 23.2 Å². The molecule has 126 valence electrons. The van der Waals surface area contributed by atoms with Crippen molar-refractivity contribution in [2.24, 2.45) is 0 Å². The molecule has 1 atom stereocenters. The quantitative estimate of drug-likeness (QED) is 0.931. The number of nitrogens with one attached hydrogen (secondary N) is 1. The van der Waals surface area contributed by atoms with Crippen LogP contribution in [0.15, 0.2) is 17.1 Å². The number of ether oxygens (including phenoxy) is 1. The van der Waals surface area contributed by atoms with Gasteiger partial charge in [-0.15, -0.1) is 0 Å². The Kier molecular flexibility index (Phi) is 4.70. The highest BCUT2D eigenvalue weighted by Crippen LogP contribution is 2.20. The Morgan fingerprint density at radius 3 is 2.74 bits per heavy atom. The van der Waals surface area contributed by atoms with Crippen LogP contribution in [-0.4, -0.2) is 37.7 Å². The second kappa shape index (κ2) is 6.23. The number of nitrogens with zero attached hydrogens (tertiary/aromatic N) is 3. The Bertz CT molecular complexity index is 775. The van der Waals surface area contributed by atoms with Gasteiger partial charge in [-0.1, -0.05) is 11.6 Å². The molecule has 0 fully saturated rings. The fraction of sp³-hybridized carbons (Fsp3) is 0.533. The van der Waals surface area contributed by atoms with Crippen LogP contribution in [0.25, 0.3) is 5.52 Å². The zero-order chi connectivity index (χ0) is 17.4. The molecule has 2 aromatic heterocycles. The van der Waals surface area contributed by atoms with Gasteiger partial charge in [0, 0.05) is 12.7 Å². The van der Waals surface area contributed by atoms with Crippen molar-refractivity contribution in [1.82, 2.24) is 19.5 Å². The predicted molar refractivity (Wildman–Crippen MR) is 87.9 cm³/mol. The number of aromatic amines is 1. The van der Waals surface area contributed by atoms with Gasteiger partial charge in [0.2, 0.25) is 0 Å². The van der Waals surface area contributed by atoms with Crippen LogP contribution in [-0.2, 0) is 4.74 Å². The molecule has 2 rings (SSSR count). The first-order valence-corrected chi connectivity index (χ1v) is 7.78. The average molecular weight is 341 g/mol. The van der Waals surface area contributed by atoms with Crippen molar-refractivity contribution in [3.63, 3.8) is 0 Å². The lowest BCUT2D eigenvalue weighted by Crippen LogP contribution is -2.39. The molecule has 7 nitrogen and oxygen atoms in total. The maximum atomic E-state index is 12.3. The fourth-order valence-electron chi connectivity index (χ4n) is 2.23. The first-order chi connectivity index (χ1) is 10.6. The van der Waals surface area contributed by atoms with Crippen LogP contribution in [0, 0.1) is 0 Å². The van der Waals surface area contributed by atoms with Gasteiger partial charge in [-0.3, -0.25) is 9.69 Å². The molecule has 0 bridgehead atoms. The number of hydrogen-bond donors (Lipinski definition) is 1. The second-order valence-electron chi connectivity index (χ2n) is 6.24. The van der Waals surface area contributed by atoms with Crippen molar-refractivity contribution in [3.05, 3.63) is 33.5 Å². The molecule has 2 aromatic rings. The lowest BCUT2D eigenvalue weighted by Gasteiger charge is -2.30. The number of fused-ring (bicyclic) bond motifs is 1. The number of amides is 1. The molecule has 1 N–H and O–H groups in total. The summed E-state index contributed by atoms with van der Waals surface area (Å²) in [6.07, 6.45) is 1.15. The van der Waals surface area contributed by atoms with Crippen LogP contribution in [0.2, 0.25) is 5.02 Å². The van der Waals surface area contributed by atoms with E-state index in [0.717, 1.165) is 0 Å². The molecule has 0 radical (unpaired) electrons. The third-order valence-corrected chi connectivity index (χ3v) is 3.63. The molecule has 0 aliphatic rings. The van der Waals surface area contributed by atoms with E-state index in [9.17, 15) is 9.59 Å². The Morgan fingerprint density at radius 2 is 2.17 bits per heavy atom. The van der Waals surface area contributed by atoms with Gasteiger partial charge in [0.05, 0.1) is 11.1 Å². The number of halogens is 1. The summed E-state index contributed by atoms with van der Waals surface area (Å²) in [5.41, 5.74) is -0.664. The van der Waals surface area contributed by atoms with E-state index in [0.29, 0.717) is 17.4 Å². The number of hydrogen-bond acceptors (Lipinski definition) is 4. The molecule has 2 heterocycles. The number of aromatic nitrogens is 3. The minimum absolute atomic E-state index is 0.280. The van der Waals surface area contributed by atoms with Crippen molar-refractivity contribution in [1.29, 1.82) is 0 Å². The van der Waals surface area contributed by atoms with Gasteiger partial charge in [0.15, 0.2) is 5.82 Å². The number of carbonyl (C=O) groups is 1. The first kappa shape index (κ1) is 17.3. The number of carbonyl (C=O) groups excluding carboxylic acids is 1. The van der Waals surface area contributed by atoms with E-state index in [4.69, 9.17) is 16.3 Å². The third-order valence-electron chi connectivity index (χ3n) is 3.32. The van der Waals surface area contributed by atoms with Gasteiger partial charge in [-0.2, -0.15) is 5.10 Å². The van der Waals surface area contributed by atoms with E-state index in [1.54, 1.807) is 40.0 Å². The summed E-state index contributed by atoms with van der Waals surface area (Å²) in [7, 11) is 0. The summed E-state index contributed by atoms with van der Waals surface area (Å²) in [4.78, 5) is 28.7. The summed E-state index contributed by atoms with van der Waals surface area (Å²) < 4.78 is 6.81. The molecule has 1 amide bonds.